The first-order valence-corrected chi connectivity index (χ1v) is 8.40. The van der Waals surface area contributed by atoms with Gasteiger partial charge in [-0.15, -0.1) is 0 Å². The molecule has 23 heavy (non-hydrogen) atoms. The summed E-state index contributed by atoms with van der Waals surface area (Å²) in [5.74, 6) is 0.728. The topological polar surface area (TPSA) is 64.8 Å². The molecule has 2 atom stereocenters. The molecule has 1 aromatic rings. The molecule has 6 heteroatoms. The van der Waals surface area contributed by atoms with Crippen molar-refractivity contribution >= 4 is 5.91 Å². The Kier molecular flexibility index (Phi) is 4.47. The van der Waals surface area contributed by atoms with Crippen LogP contribution in [0.25, 0.3) is 0 Å². The number of rotatable bonds is 3. The lowest BCUT2D eigenvalue weighted by atomic mass is 9.85. The molecule has 1 amide bonds. The fourth-order valence-electron chi connectivity index (χ4n) is 3.79. The molecular formula is C17H26N2O4. The lowest BCUT2D eigenvalue weighted by Gasteiger charge is -2.44. The molecule has 0 aliphatic carbocycles. The lowest BCUT2D eigenvalue weighted by Crippen LogP contribution is -2.57. The van der Waals surface area contributed by atoms with Gasteiger partial charge in [-0.05, 0) is 32.1 Å². The molecule has 0 N–H and O–H groups in total. The summed E-state index contributed by atoms with van der Waals surface area (Å²) < 4.78 is 16.9. The van der Waals surface area contributed by atoms with E-state index in [0.717, 1.165) is 31.6 Å². The lowest BCUT2D eigenvalue weighted by molar-refractivity contribution is -0.136. The molecule has 0 saturated carbocycles. The number of likely N-dealkylation sites (tertiary alicyclic amines) is 1. The fraction of sp³-hybridized carbons (Fsp3) is 0.765. The van der Waals surface area contributed by atoms with Gasteiger partial charge in [0, 0.05) is 26.8 Å². The molecule has 3 rings (SSSR count). The van der Waals surface area contributed by atoms with Gasteiger partial charge < -0.3 is 18.9 Å². The van der Waals surface area contributed by atoms with E-state index in [9.17, 15) is 4.79 Å². The molecule has 1 spiro atoms. The smallest absolute Gasteiger partial charge is 0.259 e. The molecule has 2 aliphatic heterocycles. The quantitative estimate of drug-likeness (QED) is 0.855. The van der Waals surface area contributed by atoms with Crippen molar-refractivity contribution in [3.05, 3.63) is 17.0 Å². The second-order valence-electron chi connectivity index (χ2n) is 6.90. The number of nitrogens with zero attached hydrogens (tertiary/aromatic N) is 2. The highest BCUT2D eigenvalue weighted by molar-refractivity contribution is 5.96. The number of hydrogen-bond acceptors (Lipinski definition) is 5. The van der Waals surface area contributed by atoms with Gasteiger partial charge >= 0.3 is 0 Å². The van der Waals surface area contributed by atoms with E-state index in [2.05, 4.69) is 5.16 Å². The molecule has 0 unspecified atom stereocenters. The maximum atomic E-state index is 13.0. The highest BCUT2D eigenvalue weighted by atomic mass is 16.6. The number of carbonyl (C=O) groups is 1. The Bertz CT molecular complexity index is 575. The number of aryl methyl sites for hydroxylation is 1. The zero-order valence-electron chi connectivity index (χ0n) is 14.4. The summed E-state index contributed by atoms with van der Waals surface area (Å²) in [4.78, 5) is 14.9. The predicted molar refractivity (Wildman–Crippen MR) is 84.6 cm³/mol. The van der Waals surface area contributed by atoms with Crippen molar-refractivity contribution in [3.8, 4) is 0 Å². The van der Waals surface area contributed by atoms with E-state index < -0.39 is 0 Å². The first kappa shape index (κ1) is 16.5. The molecule has 128 valence electrons. The van der Waals surface area contributed by atoms with Crippen LogP contribution in [0.15, 0.2) is 4.52 Å². The number of ether oxygens (including phenoxy) is 2. The van der Waals surface area contributed by atoms with E-state index in [1.807, 2.05) is 18.7 Å². The Balaban J connectivity index is 1.81. The van der Waals surface area contributed by atoms with Crippen molar-refractivity contribution in [3.63, 3.8) is 0 Å². The zero-order chi connectivity index (χ0) is 16.6. The summed E-state index contributed by atoms with van der Waals surface area (Å²) in [6.07, 6.45) is 2.82. The standard InChI is InChI=1S/C17H26N2O4/c1-11(2)15-14(12(3)23-18-15)16(20)19-8-7-17(6-5-9-22-17)13(10-19)21-4/h11,13H,5-10H2,1-4H3/t13-,17-/m0/s1. The number of amides is 1. The van der Waals surface area contributed by atoms with Crippen molar-refractivity contribution in [2.45, 2.75) is 57.7 Å². The van der Waals surface area contributed by atoms with E-state index in [1.54, 1.807) is 14.0 Å². The summed E-state index contributed by atoms with van der Waals surface area (Å²) in [7, 11) is 1.70. The molecule has 3 heterocycles. The molecule has 0 bridgehead atoms. The van der Waals surface area contributed by atoms with Crippen LogP contribution >= 0.6 is 0 Å². The first-order valence-electron chi connectivity index (χ1n) is 8.40. The molecule has 0 radical (unpaired) electrons. The first-order chi connectivity index (χ1) is 11.0. The average molecular weight is 322 g/mol. The van der Waals surface area contributed by atoms with E-state index in [4.69, 9.17) is 14.0 Å². The number of methoxy groups -OCH3 is 1. The summed E-state index contributed by atoms with van der Waals surface area (Å²) in [6, 6.07) is 0. The second-order valence-corrected chi connectivity index (χ2v) is 6.90. The van der Waals surface area contributed by atoms with Crippen LogP contribution in [0.3, 0.4) is 0 Å². The van der Waals surface area contributed by atoms with Crippen molar-refractivity contribution in [1.29, 1.82) is 0 Å². The summed E-state index contributed by atoms with van der Waals surface area (Å²) in [6.45, 7) is 7.85. The normalized spacial score (nSPS) is 28.0. The maximum Gasteiger partial charge on any atom is 0.259 e. The third kappa shape index (κ3) is 2.78. The third-order valence-corrected chi connectivity index (χ3v) is 5.13. The van der Waals surface area contributed by atoms with Gasteiger partial charge in [-0.1, -0.05) is 19.0 Å². The van der Waals surface area contributed by atoms with Gasteiger partial charge in [0.15, 0.2) is 0 Å². The van der Waals surface area contributed by atoms with Crippen LogP contribution in [0.1, 0.15) is 60.8 Å². The number of piperidine rings is 1. The van der Waals surface area contributed by atoms with Crippen LogP contribution in [-0.4, -0.2) is 54.5 Å². The molecular weight excluding hydrogens is 296 g/mol. The summed E-state index contributed by atoms with van der Waals surface area (Å²) >= 11 is 0. The van der Waals surface area contributed by atoms with Crippen LogP contribution in [0.5, 0.6) is 0 Å². The molecule has 2 fully saturated rings. The fourth-order valence-corrected chi connectivity index (χ4v) is 3.79. The molecule has 6 nitrogen and oxygen atoms in total. The molecule has 2 saturated heterocycles. The van der Waals surface area contributed by atoms with Crippen LogP contribution in [0.4, 0.5) is 0 Å². The minimum atomic E-state index is -0.212. The van der Waals surface area contributed by atoms with Gasteiger partial charge in [-0.2, -0.15) is 0 Å². The monoisotopic (exact) mass is 322 g/mol. The molecule has 2 aliphatic rings. The van der Waals surface area contributed by atoms with Crippen LogP contribution in [0, 0.1) is 6.92 Å². The van der Waals surface area contributed by atoms with Crippen LogP contribution in [-0.2, 0) is 9.47 Å². The SMILES string of the molecule is CO[C@H]1CN(C(=O)c2c(C(C)C)noc2C)CC[C@@]12CCCO2. The molecule has 0 aromatic carbocycles. The minimum absolute atomic E-state index is 0.0117. The van der Waals surface area contributed by atoms with Gasteiger partial charge in [-0.3, -0.25) is 4.79 Å². The van der Waals surface area contributed by atoms with Gasteiger partial charge in [0.2, 0.25) is 0 Å². The van der Waals surface area contributed by atoms with E-state index in [0.29, 0.717) is 24.4 Å². The highest BCUT2D eigenvalue weighted by Crippen LogP contribution is 2.38. The Hall–Kier alpha value is -1.40. The number of hydrogen-bond donors (Lipinski definition) is 0. The molecule has 1 aromatic heterocycles. The predicted octanol–water partition coefficient (Wildman–Crippen LogP) is 2.52. The van der Waals surface area contributed by atoms with Crippen molar-refractivity contribution in [2.75, 3.05) is 26.8 Å². The van der Waals surface area contributed by atoms with Gasteiger partial charge in [0.1, 0.15) is 17.4 Å². The maximum absolute atomic E-state index is 13.0. The van der Waals surface area contributed by atoms with Crippen molar-refractivity contribution < 1.29 is 18.8 Å². The van der Waals surface area contributed by atoms with Crippen LogP contribution in [0.2, 0.25) is 0 Å². The van der Waals surface area contributed by atoms with Gasteiger partial charge in [0.05, 0.1) is 11.3 Å². The Morgan fingerprint density at radius 1 is 1.43 bits per heavy atom. The highest BCUT2D eigenvalue weighted by Gasteiger charge is 2.48. The zero-order valence-corrected chi connectivity index (χ0v) is 14.4. The van der Waals surface area contributed by atoms with E-state index >= 15 is 0 Å². The van der Waals surface area contributed by atoms with Crippen LogP contribution < -0.4 is 0 Å². The second kappa shape index (κ2) is 6.24. The van der Waals surface area contributed by atoms with E-state index in [1.165, 1.54) is 0 Å². The van der Waals surface area contributed by atoms with Gasteiger partial charge in [-0.25, -0.2) is 0 Å². The number of carbonyl (C=O) groups excluding carboxylic acids is 1. The Morgan fingerprint density at radius 2 is 2.22 bits per heavy atom. The summed E-state index contributed by atoms with van der Waals surface area (Å²) in [5, 5.41) is 4.06. The number of aromatic nitrogens is 1. The Labute approximate surface area is 137 Å². The van der Waals surface area contributed by atoms with E-state index in [-0.39, 0.29) is 23.5 Å². The van der Waals surface area contributed by atoms with Crippen molar-refractivity contribution in [2.24, 2.45) is 0 Å². The average Bonchev–Trinajstić information content (AvgIpc) is 3.14. The largest absolute Gasteiger partial charge is 0.377 e. The summed E-state index contributed by atoms with van der Waals surface area (Å²) in [5.41, 5.74) is 1.13. The Morgan fingerprint density at radius 3 is 2.83 bits per heavy atom. The van der Waals surface area contributed by atoms with Crippen molar-refractivity contribution in [1.82, 2.24) is 10.1 Å². The van der Waals surface area contributed by atoms with Gasteiger partial charge in [0.25, 0.3) is 5.91 Å². The third-order valence-electron chi connectivity index (χ3n) is 5.13. The minimum Gasteiger partial charge on any atom is -0.377 e.